The van der Waals surface area contributed by atoms with Crippen LogP contribution in [0.15, 0.2) is 22.7 Å². The fourth-order valence-corrected chi connectivity index (χ4v) is 1.87. The SMILES string of the molecule is COc1cc(Cl)cc(C(=O)O)c1OCc1cc(C)on1. The number of carboxylic acids is 1. The Balaban J connectivity index is 2.31. The van der Waals surface area contributed by atoms with Crippen LogP contribution in [-0.2, 0) is 6.61 Å². The molecule has 0 aliphatic rings. The first kappa shape index (κ1) is 14.2. The number of hydrogen-bond donors (Lipinski definition) is 1. The first-order valence-corrected chi connectivity index (χ1v) is 6.05. The number of nitrogens with zero attached hydrogens (tertiary/aromatic N) is 1. The molecule has 0 radical (unpaired) electrons. The topological polar surface area (TPSA) is 81.8 Å². The van der Waals surface area contributed by atoms with E-state index in [0.717, 1.165) is 0 Å². The van der Waals surface area contributed by atoms with Gasteiger partial charge in [0, 0.05) is 17.2 Å². The van der Waals surface area contributed by atoms with Gasteiger partial charge in [-0.3, -0.25) is 0 Å². The Morgan fingerprint density at radius 2 is 2.20 bits per heavy atom. The predicted molar refractivity (Wildman–Crippen MR) is 70.5 cm³/mol. The van der Waals surface area contributed by atoms with Crippen LogP contribution in [0.3, 0.4) is 0 Å². The maximum Gasteiger partial charge on any atom is 0.339 e. The minimum Gasteiger partial charge on any atom is -0.493 e. The highest BCUT2D eigenvalue weighted by Crippen LogP contribution is 2.35. The van der Waals surface area contributed by atoms with E-state index in [4.69, 9.17) is 25.6 Å². The van der Waals surface area contributed by atoms with Crippen molar-refractivity contribution in [3.05, 3.63) is 40.2 Å². The van der Waals surface area contributed by atoms with Crippen LogP contribution in [0.1, 0.15) is 21.8 Å². The Kier molecular flexibility index (Phi) is 4.14. The average Bonchev–Trinajstić information content (AvgIpc) is 2.81. The highest BCUT2D eigenvalue weighted by atomic mass is 35.5. The van der Waals surface area contributed by atoms with Crippen molar-refractivity contribution >= 4 is 17.6 Å². The van der Waals surface area contributed by atoms with Crippen molar-refractivity contribution in [2.45, 2.75) is 13.5 Å². The maximum absolute atomic E-state index is 11.2. The summed E-state index contributed by atoms with van der Waals surface area (Å²) in [6, 6.07) is 4.48. The molecule has 0 saturated heterocycles. The third kappa shape index (κ3) is 3.03. The van der Waals surface area contributed by atoms with Crippen molar-refractivity contribution in [1.29, 1.82) is 0 Å². The van der Waals surface area contributed by atoms with E-state index in [1.54, 1.807) is 13.0 Å². The van der Waals surface area contributed by atoms with Crippen molar-refractivity contribution in [3.8, 4) is 11.5 Å². The summed E-state index contributed by atoms with van der Waals surface area (Å²) >= 11 is 5.84. The van der Waals surface area contributed by atoms with E-state index < -0.39 is 5.97 Å². The van der Waals surface area contributed by atoms with Gasteiger partial charge in [-0.1, -0.05) is 16.8 Å². The lowest BCUT2D eigenvalue weighted by Gasteiger charge is -2.12. The third-order valence-electron chi connectivity index (χ3n) is 2.51. The molecule has 0 atom stereocenters. The Morgan fingerprint density at radius 1 is 1.45 bits per heavy atom. The summed E-state index contributed by atoms with van der Waals surface area (Å²) in [4.78, 5) is 11.2. The second-order valence-electron chi connectivity index (χ2n) is 4.01. The zero-order valence-corrected chi connectivity index (χ0v) is 11.6. The standard InChI is InChI=1S/C13H12ClNO5/c1-7-3-9(15-20-7)6-19-12-10(13(16)17)4-8(14)5-11(12)18-2/h3-5H,6H2,1-2H3,(H,16,17). The van der Waals surface area contributed by atoms with Crippen LogP contribution in [0, 0.1) is 6.92 Å². The summed E-state index contributed by atoms with van der Waals surface area (Å²) in [6.07, 6.45) is 0. The molecule has 1 aromatic heterocycles. The van der Waals surface area contributed by atoms with Crippen LogP contribution >= 0.6 is 11.6 Å². The van der Waals surface area contributed by atoms with Crippen molar-refractivity contribution in [3.63, 3.8) is 0 Å². The van der Waals surface area contributed by atoms with E-state index in [0.29, 0.717) is 11.5 Å². The van der Waals surface area contributed by atoms with Crippen LogP contribution in [0.2, 0.25) is 5.02 Å². The minimum absolute atomic E-state index is 0.0651. The zero-order chi connectivity index (χ0) is 14.7. The second-order valence-corrected chi connectivity index (χ2v) is 4.44. The van der Waals surface area contributed by atoms with Gasteiger partial charge < -0.3 is 19.1 Å². The number of aromatic carboxylic acids is 1. The highest BCUT2D eigenvalue weighted by molar-refractivity contribution is 6.31. The van der Waals surface area contributed by atoms with Gasteiger partial charge in [0.25, 0.3) is 0 Å². The molecule has 0 aliphatic heterocycles. The van der Waals surface area contributed by atoms with Crippen molar-refractivity contribution < 1.29 is 23.9 Å². The number of hydrogen-bond acceptors (Lipinski definition) is 5. The Morgan fingerprint density at radius 3 is 2.75 bits per heavy atom. The molecule has 6 nitrogen and oxygen atoms in total. The molecule has 2 aromatic rings. The highest BCUT2D eigenvalue weighted by Gasteiger charge is 2.18. The van der Waals surface area contributed by atoms with E-state index in [1.807, 2.05) is 0 Å². The van der Waals surface area contributed by atoms with E-state index in [2.05, 4.69) is 5.16 Å². The van der Waals surface area contributed by atoms with Gasteiger partial charge in [-0.2, -0.15) is 0 Å². The molecule has 106 valence electrons. The number of carboxylic acid groups (broad SMARTS) is 1. The number of methoxy groups -OCH3 is 1. The summed E-state index contributed by atoms with van der Waals surface area (Å²) in [5.74, 6) is -0.164. The quantitative estimate of drug-likeness (QED) is 0.913. The molecule has 7 heteroatoms. The number of benzene rings is 1. The fourth-order valence-electron chi connectivity index (χ4n) is 1.66. The molecule has 0 spiro atoms. The van der Waals surface area contributed by atoms with E-state index in [-0.39, 0.29) is 28.7 Å². The molecule has 1 aromatic carbocycles. The van der Waals surface area contributed by atoms with Crippen molar-refractivity contribution in [2.75, 3.05) is 7.11 Å². The average molecular weight is 298 g/mol. The number of aromatic nitrogens is 1. The molecule has 2 rings (SSSR count). The predicted octanol–water partition coefficient (Wildman–Crippen LogP) is 2.92. The Hall–Kier alpha value is -2.21. The molecular weight excluding hydrogens is 286 g/mol. The van der Waals surface area contributed by atoms with Crippen LogP contribution in [-0.4, -0.2) is 23.3 Å². The molecule has 0 amide bonds. The van der Waals surface area contributed by atoms with E-state index >= 15 is 0 Å². The van der Waals surface area contributed by atoms with Gasteiger partial charge in [0.1, 0.15) is 23.6 Å². The Bertz CT molecular complexity index is 638. The van der Waals surface area contributed by atoms with Gasteiger partial charge in [-0.25, -0.2) is 4.79 Å². The van der Waals surface area contributed by atoms with Crippen LogP contribution in [0.4, 0.5) is 0 Å². The van der Waals surface area contributed by atoms with Gasteiger partial charge in [-0.05, 0) is 13.0 Å². The third-order valence-corrected chi connectivity index (χ3v) is 2.73. The van der Waals surface area contributed by atoms with Crippen molar-refractivity contribution in [2.24, 2.45) is 0 Å². The number of aryl methyl sites for hydroxylation is 1. The molecule has 1 N–H and O–H groups in total. The molecular formula is C13H12ClNO5. The normalized spacial score (nSPS) is 10.3. The first-order valence-electron chi connectivity index (χ1n) is 5.67. The largest absolute Gasteiger partial charge is 0.493 e. The lowest BCUT2D eigenvalue weighted by molar-refractivity contribution is 0.0690. The summed E-state index contributed by atoms with van der Waals surface area (Å²) in [5, 5.41) is 13.2. The number of ether oxygens (including phenoxy) is 2. The van der Waals surface area contributed by atoms with Gasteiger partial charge in [0.05, 0.1) is 7.11 Å². The smallest absolute Gasteiger partial charge is 0.339 e. The molecule has 1 heterocycles. The second kappa shape index (κ2) is 5.83. The number of carbonyl (C=O) groups is 1. The molecule has 0 aliphatic carbocycles. The molecule has 20 heavy (non-hydrogen) atoms. The molecule has 0 fully saturated rings. The van der Waals surface area contributed by atoms with Crippen LogP contribution < -0.4 is 9.47 Å². The lowest BCUT2D eigenvalue weighted by atomic mass is 10.2. The first-order chi connectivity index (χ1) is 9.51. The summed E-state index contributed by atoms with van der Waals surface area (Å²) in [6.45, 7) is 1.82. The summed E-state index contributed by atoms with van der Waals surface area (Å²) in [5.41, 5.74) is 0.477. The summed E-state index contributed by atoms with van der Waals surface area (Å²) < 4.78 is 15.5. The number of halogens is 1. The van der Waals surface area contributed by atoms with Gasteiger partial charge in [0.2, 0.25) is 0 Å². The van der Waals surface area contributed by atoms with Crippen LogP contribution in [0.5, 0.6) is 11.5 Å². The molecule has 0 bridgehead atoms. The van der Waals surface area contributed by atoms with E-state index in [1.165, 1.54) is 19.2 Å². The van der Waals surface area contributed by atoms with Gasteiger partial charge >= 0.3 is 5.97 Å². The van der Waals surface area contributed by atoms with Crippen LogP contribution in [0.25, 0.3) is 0 Å². The van der Waals surface area contributed by atoms with E-state index in [9.17, 15) is 9.90 Å². The molecule has 0 unspecified atom stereocenters. The zero-order valence-electron chi connectivity index (χ0n) is 10.8. The minimum atomic E-state index is -1.16. The van der Waals surface area contributed by atoms with Gasteiger partial charge in [-0.15, -0.1) is 0 Å². The molecule has 0 saturated carbocycles. The van der Waals surface area contributed by atoms with Gasteiger partial charge in [0.15, 0.2) is 11.5 Å². The number of rotatable bonds is 5. The fraction of sp³-hybridized carbons (Fsp3) is 0.231. The maximum atomic E-state index is 11.2. The summed E-state index contributed by atoms with van der Waals surface area (Å²) in [7, 11) is 1.41. The van der Waals surface area contributed by atoms with Crippen molar-refractivity contribution in [1.82, 2.24) is 5.16 Å². The Labute approximate surface area is 119 Å². The monoisotopic (exact) mass is 297 g/mol. The lowest BCUT2D eigenvalue weighted by Crippen LogP contribution is -2.05.